The van der Waals surface area contributed by atoms with E-state index >= 15 is 0 Å². The summed E-state index contributed by atoms with van der Waals surface area (Å²) in [6.45, 7) is 0. The Kier molecular flexibility index (Phi) is 4.12. The monoisotopic (exact) mass is 539 g/mol. The van der Waals surface area contributed by atoms with E-state index in [2.05, 4.69) is 106 Å². The molecule has 0 atom stereocenters. The van der Waals surface area contributed by atoms with Gasteiger partial charge in [-0.1, -0.05) is 84.9 Å². The van der Waals surface area contributed by atoms with Crippen molar-refractivity contribution in [2.45, 2.75) is 0 Å². The van der Waals surface area contributed by atoms with Gasteiger partial charge in [0, 0.05) is 32.6 Å². The summed E-state index contributed by atoms with van der Waals surface area (Å²) in [5, 5.41) is 6.71. The van der Waals surface area contributed by atoms with Crippen LogP contribution in [0.5, 0.6) is 0 Å². The van der Waals surface area contributed by atoms with Crippen LogP contribution in [-0.2, 0) is 0 Å². The van der Waals surface area contributed by atoms with Crippen molar-refractivity contribution in [3.63, 3.8) is 0 Å². The van der Waals surface area contributed by atoms with Gasteiger partial charge in [-0.2, -0.15) is 4.98 Å². The lowest BCUT2D eigenvalue weighted by Crippen LogP contribution is -1.98. The van der Waals surface area contributed by atoms with Gasteiger partial charge in [-0.25, -0.2) is 0 Å². The van der Waals surface area contributed by atoms with Crippen LogP contribution in [-0.4, -0.2) is 14.1 Å². The molecule has 5 heteroatoms. The molecule has 0 aliphatic heterocycles. The number of hydrogen-bond acceptors (Lipinski definition) is 3. The van der Waals surface area contributed by atoms with Crippen molar-refractivity contribution < 1.29 is 8.83 Å². The summed E-state index contributed by atoms with van der Waals surface area (Å²) in [5.74, 6) is 0. The fraction of sp³-hybridized carbons (Fsp3) is 0. The molecule has 10 rings (SSSR count). The number of nitrogens with zero attached hydrogens (tertiary/aromatic N) is 3. The van der Waals surface area contributed by atoms with Gasteiger partial charge in [0.25, 0.3) is 0 Å². The molecule has 0 amide bonds. The molecule has 196 valence electrons. The number of furan rings is 1. The van der Waals surface area contributed by atoms with Gasteiger partial charge in [-0.15, -0.1) is 0 Å². The summed E-state index contributed by atoms with van der Waals surface area (Å²) in [6, 6.07) is 44.7. The van der Waals surface area contributed by atoms with Gasteiger partial charge in [0.05, 0.1) is 27.5 Å². The van der Waals surface area contributed by atoms with Crippen LogP contribution in [0.1, 0.15) is 0 Å². The smallest absolute Gasteiger partial charge is 0.307 e. The summed E-state index contributed by atoms with van der Waals surface area (Å²) in [5.41, 5.74) is 8.67. The predicted molar refractivity (Wildman–Crippen MR) is 170 cm³/mol. The van der Waals surface area contributed by atoms with Crippen LogP contribution in [0.15, 0.2) is 136 Å². The van der Waals surface area contributed by atoms with Crippen LogP contribution in [0.2, 0.25) is 0 Å². The Labute approximate surface area is 238 Å². The van der Waals surface area contributed by atoms with Crippen LogP contribution in [0, 0.1) is 0 Å². The van der Waals surface area contributed by atoms with E-state index in [1.54, 1.807) is 0 Å². The fourth-order valence-electron chi connectivity index (χ4n) is 6.83. The molecule has 10 aromatic rings. The third-order valence-electron chi connectivity index (χ3n) is 8.56. The molecule has 4 heterocycles. The summed E-state index contributed by atoms with van der Waals surface area (Å²) in [6.07, 6.45) is 0. The Morgan fingerprint density at radius 2 is 1.02 bits per heavy atom. The fourth-order valence-corrected chi connectivity index (χ4v) is 6.83. The maximum absolute atomic E-state index is 6.62. The molecule has 5 nitrogen and oxygen atoms in total. The van der Waals surface area contributed by atoms with E-state index in [0.717, 1.165) is 71.6 Å². The molecule has 0 spiro atoms. The van der Waals surface area contributed by atoms with Gasteiger partial charge in [0.15, 0.2) is 5.58 Å². The van der Waals surface area contributed by atoms with Crippen LogP contribution < -0.4 is 0 Å². The SMILES string of the molecule is c1ccc(-n2c3ccccc3c3ccc4c5ccccc5n(-c5nc6c(ccc7oc8ccccc8c76)o5)c4c32)cc1. The number of rotatable bonds is 2. The van der Waals surface area contributed by atoms with E-state index in [4.69, 9.17) is 13.8 Å². The zero-order chi connectivity index (χ0) is 27.4. The molecule has 6 aromatic carbocycles. The van der Waals surface area contributed by atoms with E-state index in [0.29, 0.717) is 6.01 Å². The Balaban J connectivity index is 1.42. The minimum atomic E-state index is 0.534. The molecule has 0 aliphatic rings. The second-order valence-corrected chi connectivity index (χ2v) is 10.8. The highest BCUT2D eigenvalue weighted by molar-refractivity contribution is 6.24. The number of fused-ring (bicyclic) bond motifs is 12. The molecular weight excluding hydrogens is 518 g/mol. The highest BCUT2D eigenvalue weighted by Gasteiger charge is 2.24. The highest BCUT2D eigenvalue weighted by Crippen LogP contribution is 2.42. The minimum absolute atomic E-state index is 0.534. The van der Waals surface area contributed by atoms with Crippen molar-refractivity contribution in [1.82, 2.24) is 14.1 Å². The lowest BCUT2D eigenvalue weighted by molar-refractivity contribution is 0.574. The van der Waals surface area contributed by atoms with E-state index in [-0.39, 0.29) is 0 Å². The zero-order valence-electron chi connectivity index (χ0n) is 22.3. The first-order chi connectivity index (χ1) is 20.8. The lowest BCUT2D eigenvalue weighted by atomic mass is 10.1. The van der Waals surface area contributed by atoms with Crippen LogP contribution >= 0.6 is 0 Å². The first kappa shape index (κ1) is 21.9. The number of para-hydroxylation sites is 4. The van der Waals surface area contributed by atoms with Gasteiger partial charge in [0.1, 0.15) is 16.7 Å². The number of benzene rings is 6. The van der Waals surface area contributed by atoms with E-state index in [1.165, 1.54) is 10.8 Å². The Hall–Kier alpha value is -5.81. The second kappa shape index (κ2) is 7.89. The summed E-state index contributed by atoms with van der Waals surface area (Å²) in [7, 11) is 0. The maximum atomic E-state index is 6.62. The van der Waals surface area contributed by atoms with Crippen molar-refractivity contribution in [2.24, 2.45) is 0 Å². The third-order valence-corrected chi connectivity index (χ3v) is 8.56. The van der Waals surface area contributed by atoms with Crippen LogP contribution in [0.4, 0.5) is 0 Å². The van der Waals surface area contributed by atoms with E-state index in [9.17, 15) is 0 Å². The summed E-state index contributed by atoms with van der Waals surface area (Å²) in [4.78, 5) is 5.20. The summed E-state index contributed by atoms with van der Waals surface area (Å²) >= 11 is 0. The van der Waals surface area contributed by atoms with Gasteiger partial charge in [-0.3, -0.25) is 4.57 Å². The molecule has 0 saturated heterocycles. The molecule has 0 fully saturated rings. The molecule has 0 saturated carbocycles. The Bertz CT molecular complexity index is 2690. The van der Waals surface area contributed by atoms with Gasteiger partial charge < -0.3 is 13.4 Å². The number of hydrogen-bond donors (Lipinski definition) is 0. The van der Waals surface area contributed by atoms with E-state index in [1.807, 2.05) is 30.3 Å². The van der Waals surface area contributed by atoms with Gasteiger partial charge in [0.2, 0.25) is 0 Å². The maximum Gasteiger partial charge on any atom is 0.307 e. The highest BCUT2D eigenvalue weighted by atomic mass is 16.4. The summed E-state index contributed by atoms with van der Waals surface area (Å²) < 4.78 is 17.4. The minimum Gasteiger partial charge on any atom is -0.456 e. The molecule has 0 unspecified atom stereocenters. The Morgan fingerprint density at radius 3 is 1.79 bits per heavy atom. The molecule has 0 aliphatic carbocycles. The predicted octanol–water partition coefficient (Wildman–Crippen LogP) is 9.92. The third kappa shape index (κ3) is 2.74. The van der Waals surface area contributed by atoms with Crippen molar-refractivity contribution in [3.05, 3.63) is 127 Å². The van der Waals surface area contributed by atoms with Crippen molar-refractivity contribution in [1.29, 1.82) is 0 Å². The normalized spacial score (nSPS) is 12.3. The molecule has 0 bridgehead atoms. The average Bonchev–Trinajstić information content (AvgIpc) is 3.79. The van der Waals surface area contributed by atoms with Crippen molar-refractivity contribution in [3.8, 4) is 11.7 Å². The molecule has 0 radical (unpaired) electrons. The van der Waals surface area contributed by atoms with E-state index < -0.39 is 0 Å². The average molecular weight is 540 g/mol. The molecule has 4 aromatic heterocycles. The zero-order valence-corrected chi connectivity index (χ0v) is 22.3. The van der Waals surface area contributed by atoms with Gasteiger partial charge >= 0.3 is 6.01 Å². The molecule has 42 heavy (non-hydrogen) atoms. The Morgan fingerprint density at radius 1 is 0.429 bits per heavy atom. The molecule has 0 N–H and O–H groups in total. The first-order valence-electron chi connectivity index (χ1n) is 14.1. The standard InChI is InChI=1S/C37H21N3O2/c1-2-10-22(11-3-1)39-28-15-7-4-12-23(28)25-18-19-26-24-13-5-8-16-29(24)40(36(26)35(25)39)37-38-34-32(42-37)21-20-31-33(34)27-14-6-9-17-30(27)41-31/h1-21H. The largest absolute Gasteiger partial charge is 0.456 e. The second-order valence-electron chi connectivity index (χ2n) is 10.8. The lowest BCUT2D eigenvalue weighted by Gasteiger charge is -2.10. The quantitative estimate of drug-likeness (QED) is 0.220. The molecular formula is C37H21N3O2. The van der Waals surface area contributed by atoms with Gasteiger partial charge in [-0.05, 0) is 42.5 Å². The first-order valence-corrected chi connectivity index (χ1v) is 14.1. The van der Waals surface area contributed by atoms with Crippen molar-refractivity contribution in [2.75, 3.05) is 0 Å². The van der Waals surface area contributed by atoms with Crippen molar-refractivity contribution >= 4 is 76.6 Å². The van der Waals surface area contributed by atoms with Crippen LogP contribution in [0.3, 0.4) is 0 Å². The van der Waals surface area contributed by atoms with Crippen LogP contribution in [0.25, 0.3) is 88.4 Å². The number of aromatic nitrogens is 3. The number of oxazole rings is 1. The topological polar surface area (TPSA) is 49.0 Å².